The van der Waals surface area contributed by atoms with E-state index in [1.54, 1.807) is 0 Å². The molecule has 5 aliphatic carbocycles. The summed E-state index contributed by atoms with van der Waals surface area (Å²) in [6.45, 7) is 17.0. The highest BCUT2D eigenvalue weighted by atomic mass is 16.7. The fourth-order valence-electron chi connectivity index (χ4n) is 14.1. The SMILES string of the molecule is C/C(=N\O)[C@@H]1[C@H](O[C@@H]2CC[C@@]3(C)[C@H](CC[C@@]4(C)[C@H]3CC=C3[C@@H]5CC(C)(C)CC[C@]5(C(=O)O)CC[C@@]34C)C2(C)C)O[C@H](CO[C@H]2O[C@@H](CO)[C@@H](O)[C@H](O)[C@@H]2O)[C@H](O)[C@@H]1O. The number of oxime groups is 1. The molecule has 0 radical (unpaired) electrons. The molecule has 7 rings (SSSR count). The van der Waals surface area contributed by atoms with E-state index in [0.29, 0.717) is 12.3 Å². The Kier molecular flexibility index (Phi) is 11.7. The fraction of sp³-hybridized carbons (Fsp3) is 0.909. The van der Waals surface area contributed by atoms with Gasteiger partial charge in [-0.1, -0.05) is 65.3 Å². The molecule has 2 heterocycles. The first kappa shape index (κ1) is 44.3. The minimum Gasteiger partial charge on any atom is -0.481 e. The molecule has 0 aromatic carbocycles. The van der Waals surface area contributed by atoms with Gasteiger partial charge in [0.15, 0.2) is 12.6 Å². The van der Waals surface area contributed by atoms with Crippen LogP contribution in [0.3, 0.4) is 0 Å². The van der Waals surface area contributed by atoms with Crippen molar-refractivity contribution in [3.8, 4) is 0 Å². The maximum absolute atomic E-state index is 13.1. The zero-order valence-electron chi connectivity index (χ0n) is 35.7. The summed E-state index contributed by atoms with van der Waals surface area (Å²) in [4.78, 5) is 13.1. The fourth-order valence-corrected chi connectivity index (χ4v) is 14.1. The van der Waals surface area contributed by atoms with Crippen LogP contribution in [-0.2, 0) is 23.7 Å². The number of allylic oxidation sites excluding steroid dienone is 2. The van der Waals surface area contributed by atoms with Crippen molar-refractivity contribution in [2.45, 2.75) is 181 Å². The second-order valence-corrected chi connectivity index (χ2v) is 21.5. The van der Waals surface area contributed by atoms with E-state index >= 15 is 0 Å². The Bertz CT molecular complexity index is 1620. The van der Waals surface area contributed by atoms with E-state index in [4.69, 9.17) is 18.9 Å². The number of rotatable bonds is 8. The molecule has 0 bridgehead atoms. The number of nitrogens with zero attached hydrogens (tertiary/aromatic N) is 1. The summed E-state index contributed by atoms with van der Waals surface area (Å²) in [7, 11) is 0. The molecule has 8 N–H and O–H groups in total. The number of aliphatic hydroxyl groups excluding tert-OH is 6. The molecule has 14 heteroatoms. The molecule has 7 aliphatic rings. The van der Waals surface area contributed by atoms with Crippen molar-refractivity contribution in [3.63, 3.8) is 0 Å². The quantitative estimate of drug-likeness (QED) is 0.0571. The lowest BCUT2D eigenvalue weighted by Gasteiger charge is -2.71. The Hall–Kier alpha value is -1.72. The molecule has 18 atom stereocenters. The van der Waals surface area contributed by atoms with Crippen molar-refractivity contribution in [2.24, 2.45) is 61.3 Å². The molecule has 58 heavy (non-hydrogen) atoms. The smallest absolute Gasteiger partial charge is 0.310 e. The zero-order valence-corrected chi connectivity index (χ0v) is 35.7. The van der Waals surface area contributed by atoms with Crippen molar-refractivity contribution in [2.75, 3.05) is 13.2 Å². The van der Waals surface area contributed by atoms with Crippen LogP contribution in [0.15, 0.2) is 16.8 Å². The number of hydrogen-bond donors (Lipinski definition) is 8. The molecule has 0 amide bonds. The third-order valence-corrected chi connectivity index (χ3v) is 17.9. The van der Waals surface area contributed by atoms with Gasteiger partial charge in [-0.05, 0) is 116 Å². The third-order valence-electron chi connectivity index (χ3n) is 17.9. The normalized spacial score (nSPS) is 51.3. The number of ether oxygens (including phenoxy) is 4. The Morgan fingerprint density at radius 1 is 0.810 bits per heavy atom. The molecule has 2 aliphatic heterocycles. The van der Waals surface area contributed by atoms with Crippen LogP contribution in [0.25, 0.3) is 0 Å². The first-order chi connectivity index (χ1) is 27.0. The van der Waals surface area contributed by atoms with Crippen molar-refractivity contribution in [1.82, 2.24) is 0 Å². The van der Waals surface area contributed by atoms with E-state index in [2.05, 4.69) is 59.7 Å². The van der Waals surface area contributed by atoms with Crippen LogP contribution in [0.5, 0.6) is 0 Å². The summed E-state index contributed by atoms with van der Waals surface area (Å²) in [5.41, 5.74) is 0.413. The maximum atomic E-state index is 13.1. The molecule has 0 aromatic heterocycles. The molecule has 4 saturated carbocycles. The minimum atomic E-state index is -1.66. The monoisotopic (exact) mass is 821 g/mol. The van der Waals surface area contributed by atoms with Crippen LogP contribution in [0.1, 0.15) is 120 Å². The van der Waals surface area contributed by atoms with Crippen LogP contribution < -0.4 is 0 Å². The molecule has 14 nitrogen and oxygen atoms in total. The van der Waals surface area contributed by atoms with Gasteiger partial charge < -0.3 is 59.9 Å². The Morgan fingerprint density at radius 3 is 2.12 bits per heavy atom. The second kappa shape index (κ2) is 15.3. The molecule has 0 spiro atoms. The highest BCUT2D eigenvalue weighted by Crippen LogP contribution is 2.76. The van der Waals surface area contributed by atoms with E-state index in [1.165, 1.54) is 12.5 Å². The highest BCUT2D eigenvalue weighted by molar-refractivity contribution is 5.85. The largest absolute Gasteiger partial charge is 0.481 e. The van der Waals surface area contributed by atoms with Crippen molar-refractivity contribution < 1.29 is 64.7 Å². The number of fused-ring (bicyclic) bond motifs is 7. The van der Waals surface area contributed by atoms with Crippen molar-refractivity contribution in [3.05, 3.63) is 11.6 Å². The topological polar surface area (TPSA) is 228 Å². The lowest BCUT2D eigenvalue weighted by atomic mass is 9.33. The van der Waals surface area contributed by atoms with Gasteiger partial charge in [-0.2, -0.15) is 0 Å². The van der Waals surface area contributed by atoms with Crippen LogP contribution in [0, 0.1) is 56.2 Å². The summed E-state index contributed by atoms with van der Waals surface area (Å²) in [6.07, 6.45) is -2.03. The highest BCUT2D eigenvalue weighted by Gasteiger charge is 2.69. The molecule has 2 saturated heterocycles. The third kappa shape index (κ3) is 6.64. The van der Waals surface area contributed by atoms with E-state index in [9.17, 15) is 45.7 Å². The summed E-state index contributed by atoms with van der Waals surface area (Å²) < 4.78 is 24.4. The first-order valence-corrected chi connectivity index (χ1v) is 21.7. The predicted octanol–water partition coefficient (Wildman–Crippen LogP) is 3.99. The Morgan fingerprint density at radius 2 is 1.47 bits per heavy atom. The minimum absolute atomic E-state index is 0.0148. The van der Waals surface area contributed by atoms with Crippen molar-refractivity contribution >= 4 is 11.7 Å². The molecule has 6 fully saturated rings. The van der Waals surface area contributed by atoms with Gasteiger partial charge in [0.2, 0.25) is 0 Å². The lowest BCUT2D eigenvalue weighted by Crippen LogP contribution is -2.66. The van der Waals surface area contributed by atoms with Gasteiger partial charge in [-0.15, -0.1) is 0 Å². The number of carboxylic acid groups (broad SMARTS) is 1. The Labute approximate surface area is 343 Å². The Balaban J connectivity index is 1.12. The van der Waals surface area contributed by atoms with E-state index in [-0.39, 0.29) is 50.7 Å². The maximum Gasteiger partial charge on any atom is 0.310 e. The number of hydrogen-bond acceptors (Lipinski definition) is 13. The molecular weight excluding hydrogens is 750 g/mol. The van der Waals surface area contributed by atoms with Crippen LogP contribution in [-0.4, -0.2) is 127 Å². The lowest BCUT2D eigenvalue weighted by molar-refractivity contribution is -0.332. The number of carbonyl (C=O) groups is 1. The molecule has 0 unspecified atom stereocenters. The predicted molar refractivity (Wildman–Crippen MR) is 210 cm³/mol. The van der Waals surface area contributed by atoms with Gasteiger partial charge in [0, 0.05) is 0 Å². The van der Waals surface area contributed by atoms with Gasteiger partial charge >= 0.3 is 5.97 Å². The molecular formula is C44H71NO13. The van der Waals surface area contributed by atoms with E-state index < -0.39 is 85.8 Å². The number of aliphatic carboxylic acids is 1. The van der Waals surface area contributed by atoms with E-state index in [1.807, 2.05) is 0 Å². The summed E-state index contributed by atoms with van der Waals surface area (Å²) in [5, 5.41) is 87.2. The van der Waals surface area contributed by atoms with E-state index in [0.717, 1.165) is 57.8 Å². The average molecular weight is 822 g/mol. The zero-order chi connectivity index (χ0) is 42.5. The van der Waals surface area contributed by atoms with Crippen LogP contribution in [0.2, 0.25) is 0 Å². The summed E-state index contributed by atoms with van der Waals surface area (Å²) in [5.74, 6) is -0.950. The van der Waals surface area contributed by atoms with Gasteiger partial charge in [0.25, 0.3) is 0 Å². The van der Waals surface area contributed by atoms with Gasteiger partial charge in [-0.3, -0.25) is 4.79 Å². The van der Waals surface area contributed by atoms with Gasteiger partial charge in [0.1, 0.15) is 36.6 Å². The number of carboxylic acids is 1. The van der Waals surface area contributed by atoms with Crippen LogP contribution in [0.4, 0.5) is 0 Å². The average Bonchev–Trinajstić information content (AvgIpc) is 3.16. The van der Waals surface area contributed by atoms with Crippen molar-refractivity contribution in [1.29, 1.82) is 0 Å². The van der Waals surface area contributed by atoms with Gasteiger partial charge in [-0.25, -0.2) is 0 Å². The number of aliphatic hydroxyl groups is 6. The first-order valence-electron chi connectivity index (χ1n) is 21.7. The summed E-state index contributed by atoms with van der Waals surface area (Å²) >= 11 is 0. The summed E-state index contributed by atoms with van der Waals surface area (Å²) in [6, 6.07) is 0. The molecule has 0 aromatic rings. The molecule has 330 valence electrons. The van der Waals surface area contributed by atoms with Crippen LogP contribution >= 0.6 is 0 Å². The van der Waals surface area contributed by atoms with Gasteiger partial charge in [0.05, 0.1) is 42.5 Å². The standard InChI is InChI=1S/C44H71NO13/c1-22(45-54)30-33(49)32(48)26(21-55-37-35(51)34(50)31(47)25(20-46)56-37)57-36(30)58-29-12-13-41(6)27(40(29,4)5)11-14-43(8)28(41)10-9-23-24-19-39(2,3)15-17-44(24,38(52)53)18-16-42(23,43)7/h9,24-37,46-51,54H,10-21H2,1-8H3,(H,52,53)/b45-22+/t24-,25-,26+,27+,28-,29+,30-,31+,32-,33+,34-,35-,36-,37-,41-,42-,43-,44-/m0/s1. The second-order valence-electron chi connectivity index (χ2n) is 21.5.